The van der Waals surface area contributed by atoms with Crippen LogP contribution in [0.25, 0.3) is 0 Å². The van der Waals surface area contributed by atoms with Gasteiger partial charge in [0.2, 0.25) is 0 Å². The van der Waals surface area contributed by atoms with Crippen molar-refractivity contribution in [2.24, 2.45) is 11.7 Å². The second kappa shape index (κ2) is 6.36. The maximum Gasteiger partial charge on any atom is 0.321 e. The van der Waals surface area contributed by atoms with Crippen LogP contribution < -0.4 is 16.4 Å². The Morgan fingerprint density at radius 3 is 2.59 bits per heavy atom. The lowest BCUT2D eigenvalue weighted by molar-refractivity contribution is 0.0898. The first-order chi connectivity index (χ1) is 10.4. The zero-order valence-electron chi connectivity index (χ0n) is 13.3. The van der Waals surface area contributed by atoms with Gasteiger partial charge in [-0.15, -0.1) is 0 Å². The number of rotatable bonds is 5. The molecule has 1 unspecified atom stereocenters. The van der Waals surface area contributed by atoms with E-state index >= 15 is 0 Å². The Balaban J connectivity index is 2.08. The maximum atomic E-state index is 12.4. The summed E-state index contributed by atoms with van der Waals surface area (Å²) in [5, 5.41) is 5.77. The topological polar surface area (TPSA) is 87.5 Å². The van der Waals surface area contributed by atoms with Crippen molar-refractivity contribution in [1.29, 1.82) is 0 Å². The van der Waals surface area contributed by atoms with Crippen molar-refractivity contribution in [3.05, 3.63) is 29.8 Å². The molecule has 0 bridgehead atoms. The van der Waals surface area contributed by atoms with Crippen LogP contribution in [-0.4, -0.2) is 43.0 Å². The molecule has 1 fully saturated rings. The molecule has 0 aromatic heterocycles. The van der Waals surface area contributed by atoms with E-state index in [1.165, 1.54) is 4.90 Å². The molecule has 120 valence electrons. The van der Waals surface area contributed by atoms with Crippen LogP contribution in [0.15, 0.2) is 24.3 Å². The number of nitrogens with one attached hydrogen (secondary N) is 2. The molecular weight excluding hydrogens is 280 g/mol. The number of amides is 3. The molecule has 1 atom stereocenters. The van der Waals surface area contributed by atoms with Crippen LogP contribution in [0.5, 0.6) is 0 Å². The molecule has 6 heteroatoms. The van der Waals surface area contributed by atoms with Gasteiger partial charge in [-0.2, -0.15) is 0 Å². The van der Waals surface area contributed by atoms with Crippen LogP contribution in [-0.2, 0) is 0 Å². The van der Waals surface area contributed by atoms with Gasteiger partial charge in [-0.25, -0.2) is 4.79 Å². The van der Waals surface area contributed by atoms with Gasteiger partial charge in [0, 0.05) is 31.9 Å². The van der Waals surface area contributed by atoms with Crippen molar-refractivity contribution < 1.29 is 9.59 Å². The number of anilines is 1. The van der Waals surface area contributed by atoms with Gasteiger partial charge in [-0.1, -0.05) is 6.07 Å². The van der Waals surface area contributed by atoms with Crippen LogP contribution in [0.2, 0.25) is 0 Å². The Labute approximate surface area is 131 Å². The fraction of sp³-hybridized carbons (Fsp3) is 0.500. The quantitative estimate of drug-likeness (QED) is 0.772. The zero-order chi connectivity index (χ0) is 16.3. The summed E-state index contributed by atoms with van der Waals surface area (Å²) < 4.78 is 0. The number of carbonyl (C=O) groups is 2. The van der Waals surface area contributed by atoms with Gasteiger partial charge < -0.3 is 21.3 Å². The third-order valence-corrected chi connectivity index (χ3v) is 4.08. The SMILES string of the molecule is CN(C)C(=O)Nc1cccc(C(=O)NC(C)(CN)C2CC2)c1. The minimum atomic E-state index is -0.361. The molecule has 0 heterocycles. The summed E-state index contributed by atoms with van der Waals surface area (Å²) in [6.07, 6.45) is 2.21. The van der Waals surface area contributed by atoms with Gasteiger partial charge in [-0.3, -0.25) is 4.79 Å². The van der Waals surface area contributed by atoms with Crippen LogP contribution >= 0.6 is 0 Å². The number of hydrogen-bond acceptors (Lipinski definition) is 3. The second-order valence-electron chi connectivity index (χ2n) is 6.26. The van der Waals surface area contributed by atoms with E-state index in [1.54, 1.807) is 38.4 Å². The summed E-state index contributed by atoms with van der Waals surface area (Å²) in [6, 6.07) is 6.66. The summed E-state index contributed by atoms with van der Waals surface area (Å²) in [4.78, 5) is 25.5. The third-order valence-electron chi connectivity index (χ3n) is 4.08. The van der Waals surface area contributed by atoms with E-state index in [9.17, 15) is 9.59 Å². The Bertz CT molecular complexity index is 569. The maximum absolute atomic E-state index is 12.4. The lowest BCUT2D eigenvalue weighted by atomic mass is 9.95. The summed E-state index contributed by atoms with van der Waals surface area (Å²) in [6.45, 7) is 2.40. The molecule has 4 N–H and O–H groups in total. The lowest BCUT2D eigenvalue weighted by Gasteiger charge is -2.29. The number of benzene rings is 1. The highest BCUT2D eigenvalue weighted by atomic mass is 16.2. The summed E-state index contributed by atoms with van der Waals surface area (Å²) in [5.41, 5.74) is 6.57. The van der Waals surface area contributed by atoms with Crippen molar-refractivity contribution >= 4 is 17.6 Å². The lowest BCUT2D eigenvalue weighted by Crippen LogP contribution is -2.53. The minimum Gasteiger partial charge on any atom is -0.345 e. The van der Waals surface area contributed by atoms with Crippen molar-refractivity contribution in [3.63, 3.8) is 0 Å². The average Bonchev–Trinajstić information content (AvgIpc) is 3.32. The number of urea groups is 1. The average molecular weight is 304 g/mol. The molecule has 1 aromatic carbocycles. The first kappa shape index (κ1) is 16.3. The molecule has 1 aliphatic carbocycles. The molecule has 2 rings (SSSR count). The zero-order valence-corrected chi connectivity index (χ0v) is 13.3. The largest absolute Gasteiger partial charge is 0.345 e. The van der Waals surface area contributed by atoms with Crippen LogP contribution in [0.3, 0.4) is 0 Å². The number of hydrogen-bond donors (Lipinski definition) is 3. The van der Waals surface area contributed by atoms with Gasteiger partial charge in [0.05, 0.1) is 5.54 Å². The predicted octanol–water partition coefficient (Wildman–Crippen LogP) is 1.64. The smallest absolute Gasteiger partial charge is 0.321 e. The Morgan fingerprint density at radius 1 is 1.36 bits per heavy atom. The van der Waals surface area contributed by atoms with E-state index in [4.69, 9.17) is 5.73 Å². The van der Waals surface area contributed by atoms with Gasteiger partial charge in [0.1, 0.15) is 0 Å². The number of carbonyl (C=O) groups excluding carboxylic acids is 2. The standard InChI is InChI=1S/C16H24N4O2/c1-16(10-17,12-7-8-12)19-14(21)11-5-4-6-13(9-11)18-15(22)20(2)3/h4-6,9,12H,7-8,10,17H2,1-3H3,(H,18,22)(H,19,21). The minimum absolute atomic E-state index is 0.166. The van der Waals surface area contributed by atoms with Crippen molar-refractivity contribution in [3.8, 4) is 0 Å². The predicted molar refractivity (Wildman–Crippen MR) is 86.8 cm³/mol. The van der Waals surface area contributed by atoms with Gasteiger partial charge >= 0.3 is 6.03 Å². The molecule has 6 nitrogen and oxygen atoms in total. The van der Waals surface area contributed by atoms with Crippen LogP contribution in [0.1, 0.15) is 30.1 Å². The summed E-state index contributed by atoms with van der Waals surface area (Å²) >= 11 is 0. The van der Waals surface area contributed by atoms with E-state index in [0.717, 1.165) is 12.8 Å². The second-order valence-corrected chi connectivity index (χ2v) is 6.26. The first-order valence-electron chi connectivity index (χ1n) is 7.46. The van der Waals surface area contributed by atoms with Gasteiger partial charge in [-0.05, 0) is 43.9 Å². The highest BCUT2D eigenvalue weighted by Crippen LogP contribution is 2.39. The molecule has 1 aliphatic rings. The van der Waals surface area contributed by atoms with E-state index in [-0.39, 0.29) is 17.5 Å². The van der Waals surface area contributed by atoms with Crippen molar-refractivity contribution in [2.75, 3.05) is 26.0 Å². The fourth-order valence-corrected chi connectivity index (χ4v) is 2.35. The van der Waals surface area contributed by atoms with Crippen molar-refractivity contribution in [1.82, 2.24) is 10.2 Å². The molecule has 0 aliphatic heterocycles. The molecule has 0 spiro atoms. The molecule has 0 radical (unpaired) electrons. The van der Waals surface area contributed by atoms with E-state index in [2.05, 4.69) is 10.6 Å². The number of nitrogens with zero attached hydrogens (tertiary/aromatic N) is 1. The highest BCUT2D eigenvalue weighted by molar-refractivity contribution is 5.97. The summed E-state index contributed by atoms with van der Waals surface area (Å²) in [7, 11) is 3.32. The third kappa shape index (κ3) is 3.76. The van der Waals surface area contributed by atoms with Crippen LogP contribution in [0, 0.1) is 5.92 Å². The summed E-state index contributed by atoms with van der Waals surface area (Å²) in [5.74, 6) is 0.291. The normalized spacial score (nSPS) is 16.5. The fourth-order valence-electron chi connectivity index (χ4n) is 2.35. The van der Waals surface area contributed by atoms with E-state index in [1.807, 2.05) is 6.92 Å². The molecule has 1 aromatic rings. The Morgan fingerprint density at radius 2 is 2.05 bits per heavy atom. The van der Waals surface area contributed by atoms with E-state index < -0.39 is 0 Å². The first-order valence-corrected chi connectivity index (χ1v) is 7.46. The Kier molecular flexibility index (Phi) is 4.71. The van der Waals surface area contributed by atoms with Crippen LogP contribution in [0.4, 0.5) is 10.5 Å². The van der Waals surface area contributed by atoms with Gasteiger partial charge in [0.15, 0.2) is 0 Å². The van der Waals surface area contributed by atoms with Crippen molar-refractivity contribution in [2.45, 2.75) is 25.3 Å². The molecule has 3 amide bonds. The molecule has 0 saturated heterocycles. The van der Waals surface area contributed by atoms with Gasteiger partial charge in [0.25, 0.3) is 5.91 Å². The molecule has 1 saturated carbocycles. The monoisotopic (exact) mass is 304 g/mol. The molecular formula is C16H24N4O2. The highest BCUT2D eigenvalue weighted by Gasteiger charge is 2.41. The Hall–Kier alpha value is -2.08. The molecule has 22 heavy (non-hydrogen) atoms. The number of nitrogens with two attached hydrogens (primary N) is 1. The van der Waals surface area contributed by atoms with E-state index in [0.29, 0.717) is 23.7 Å².